The summed E-state index contributed by atoms with van der Waals surface area (Å²) >= 11 is 0. The first-order chi connectivity index (χ1) is 11.6. The Morgan fingerprint density at radius 2 is 0.690 bits per heavy atom. The molecule has 0 aromatic rings. The third-order valence-electron chi connectivity index (χ3n) is 4.90. The molecule has 1 N–H and O–H groups in total. The smallest absolute Gasteiger partial charge is 0.675 e. The molecule has 0 aliphatic carbocycles. The molecule has 0 atom stereocenters. The average molecular weight is 490 g/mol. The van der Waals surface area contributed by atoms with Crippen molar-refractivity contribution in [2.75, 3.05) is 0 Å². The topological polar surface area (TPSA) is 52.0 Å². The summed E-state index contributed by atoms with van der Waals surface area (Å²) in [5.41, 5.74) is 6.84. The molecule has 0 saturated heterocycles. The first kappa shape index (κ1) is 37.2. The van der Waals surface area contributed by atoms with Gasteiger partial charge in [-0.25, -0.2) is 0 Å². The van der Waals surface area contributed by atoms with Crippen LogP contribution in [-0.4, -0.2) is 33.6 Å². The molecule has 0 spiro atoms. The Labute approximate surface area is 198 Å². The van der Waals surface area contributed by atoms with E-state index in [1.165, 1.54) is 0 Å². The fourth-order valence-corrected chi connectivity index (χ4v) is 6.04. The minimum atomic E-state index is -1.42. The summed E-state index contributed by atoms with van der Waals surface area (Å²) in [5, 5.41) is 0.751. The third-order valence-corrected chi connectivity index (χ3v) is 14.7. The summed E-state index contributed by atoms with van der Waals surface area (Å²) < 4.78 is 0. The first-order valence-electron chi connectivity index (χ1n) is 10.8. The molecule has 0 fully saturated rings. The summed E-state index contributed by atoms with van der Waals surface area (Å²) in [6, 6.07) is 0.0833. The van der Waals surface area contributed by atoms with Gasteiger partial charge < -0.3 is 15.7 Å². The van der Waals surface area contributed by atoms with Crippen LogP contribution in [0.15, 0.2) is 0 Å². The van der Waals surface area contributed by atoms with Gasteiger partial charge in [0.1, 0.15) is 0 Å². The normalized spacial score (nSPS) is 13.7. The standard InChI is InChI=1S/2C10H24NSi.C3H8N.Co/c2*1-9(2,3)11-12(7,8)10(4,5)6;1-3(2)4;/h2*1-8H3;3-4H,1-2H3;/q3*-1;+3. The summed E-state index contributed by atoms with van der Waals surface area (Å²) in [6.07, 6.45) is 0. The van der Waals surface area contributed by atoms with Gasteiger partial charge >= 0.3 is 16.8 Å². The largest absolute Gasteiger partial charge is 3.00 e. The molecule has 180 valence electrons. The molecule has 0 saturated carbocycles. The zero-order valence-electron chi connectivity index (χ0n) is 23.3. The van der Waals surface area contributed by atoms with E-state index in [2.05, 4.69) is 109 Å². The molecule has 0 aliphatic heterocycles. The van der Waals surface area contributed by atoms with E-state index in [4.69, 9.17) is 15.7 Å². The zero-order valence-corrected chi connectivity index (χ0v) is 26.3. The molecule has 29 heavy (non-hydrogen) atoms. The van der Waals surface area contributed by atoms with Crippen molar-refractivity contribution in [2.24, 2.45) is 0 Å². The van der Waals surface area contributed by atoms with Crippen molar-refractivity contribution in [1.82, 2.24) is 0 Å². The summed E-state index contributed by atoms with van der Waals surface area (Å²) in [4.78, 5) is 9.90. The molecule has 0 aliphatic rings. The third kappa shape index (κ3) is 21.8. The minimum absolute atomic E-state index is 0. The van der Waals surface area contributed by atoms with Gasteiger partial charge in [0.2, 0.25) is 0 Å². The predicted molar refractivity (Wildman–Crippen MR) is 140 cm³/mol. The molecule has 0 amide bonds. The van der Waals surface area contributed by atoms with Crippen molar-refractivity contribution < 1.29 is 16.8 Å². The maximum atomic E-state index is 6.58. The molecule has 0 bridgehead atoms. The number of hydrogen-bond acceptors (Lipinski definition) is 0. The van der Waals surface area contributed by atoms with Crippen LogP contribution in [0, 0.1) is 0 Å². The Hall–Kier alpha value is 0.820. The van der Waals surface area contributed by atoms with Gasteiger partial charge in [-0.2, -0.15) is 0 Å². The van der Waals surface area contributed by atoms with Crippen molar-refractivity contribution in [3.63, 3.8) is 0 Å². The Balaban J connectivity index is -0.000000177. The Bertz CT molecular complexity index is 381. The fraction of sp³-hybridized carbons (Fsp3) is 1.00. The maximum absolute atomic E-state index is 6.58. The van der Waals surface area contributed by atoms with Crippen LogP contribution in [0.25, 0.3) is 15.7 Å². The van der Waals surface area contributed by atoms with Gasteiger partial charge in [0, 0.05) is 0 Å². The van der Waals surface area contributed by atoms with E-state index in [1.54, 1.807) is 0 Å². The van der Waals surface area contributed by atoms with Gasteiger partial charge in [0.05, 0.1) is 0 Å². The molecular formula is C23H56CoN3Si2. The second-order valence-electron chi connectivity index (χ2n) is 13.3. The van der Waals surface area contributed by atoms with Crippen LogP contribution < -0.4 is 0 Å². The average Bonchev–Trinajstić information content (AvgIpc) is 2.17. The summed E-state index contributed by atoms with van der Waals surface area (Å²) in [7, 11) is -2.83. The number of hydrogen-bond donors (Lipinski definition) is 0. The maximum Gasteiger partial charge on any atom is 3.00 e. The van der Waals surface area contributed by atoms with E-state index in [-0.39, 0.29) is 33.9 Å². The van der Waals surface area contributed by atoms with Crippen LogP contribution in [0.2, 0.25) is 36.3 Å². The van der Waals surface area contributed by atoms with Gasteiger partial charge in [-0.3, -0.25) is 0 Å². The molecule has 0 aromatic carbocycles. The van der Waals surface area contributed by atoms with Crippen LogP contribution in [-0.2, 0) is 16.8 Å². The quantitative estimate of drug-likeness (QED) is 0.347. The Morgan fingerprint density at radius 1 is 0.552 bits per heavy atom. The molecule has 0 rings (SSSR count). The van der Waals surface area contributed by atoms with Crippen LogP contribution in [0.3, 0.4) is 0 Å². The van der Waals surface area contributed by atoms with E-state index in [1.807, 2.05) is 13.8 Å². The summed E-state index contributed by atoms with van der Waals surface area (Å²) in [6.45, 7) is 40.0. The molecule has 0 aromatic heterocycles. The van der Waals surface area contributed by atoms with Crippen molar-refractivity contribution in [1.29, 1.82) is 0 Å². The monoisotopic (exact) mass is 489 g/mol. The number of nitrogens with one attached hydrogen (secondary N) is 1. The van der Waals surface area contributed by atoms with Crippen LogP contribution in [0.5, 0.6) is 0 Å². The Kier molecular flexibility index (Phi) is 16.3. The van der Waals surface area contributed by atoms with E-state index in [9.17, 15) is 0 Å². The van der Waals surface area contributed by atoms with Crippen molar-refractivity contribution in [3.05, 3.63) is 15.7 Å². The molecule has 0 unspecified atom stereocenters. The number of rotatable bonds is 2. The molecule has 6 heteroatoms. The van der Waals surface area contributed by atoms with Gasteiger partial charge in [-0.05, 0) is 0 Å². The fourth-order valence-electron chi connectivity index (χ4n) is 2.01. The van der Waals surface area contributed by atoms with E-state index in [0.717, 1.165) is 0 Å². The van der Waals surface area contributed by atoms with Crippen molar-refractivity contribution in [3.8, 4) is 0 Å². The summed E-state index contributed by atoms with van der Waals surface area (Å²) in [5.74, 6) is 0. The van der Waals surface area contributed by atoms with Gasteiger partial charge in [0.15, 0.2) is 0 Å². The van der Waals surface area contributed by atoms with E-state index >= 15 is 0 Å². The van der Waals surface area contributed by atoms with Crippen LogP contribution in [0.1, 0.15) is 96.9 Å². The van der Waals surface area contributed by atoms with Gasteiger partial charge in [0.25, 0.3) is 0 Å². The second kappa shape index (κ2) is 12.8. The van der Waals surface area contributed by atoms with E-state index < -0.39 is 16.5 Å². The minimum Gasteiger partial charge on any atom is -0.675 e. The molecule has 3 nitrogen and oxygen atoms in total. The second-order valence-corrected chi connectivity index (χ2v) is 23.0. The first-order valence-corrected chi connectivity index (χ1v) is 16.7. The SMILES string of the molecule is CC(C)(C)[N-][Si](C)(C)C(C)(C)C.CC(C)(C)[N-][Si](C)(C)C(C)(C)C.CC(C)[NH-].[Co+3]. The van der Waals surface area contributed by atoms with Crippen molar-refractivity contribution >= 4 is 16.5 Å². The molecular weight excluding hydrogens is 433 g/mol. The van der Waals surface area contributed by atoms with Crippen LogP contribution >= 0.6 is 0 Å². The van der Waals surface area contributed by atoms with Gasteiger partial charge in [-0.1, -0.05) is 150 Å². The van der Waals surface area contributed by atoms with Crippen LogP contribution in [0.4, 0.5) is 0 Å². The number of nitrogens with zero attached hydrogens (tertiary/aromatic N) is 2. The molecule has 0 radical (unpaired) electrons. The predicted octanol–water partition coefficient (Wildman–Crippen LogP) is 9.77. The zero-order chi connectivity index (χ0) is 24.0. The Morgan fingerprint density at radius 3 is 0.724 bits per heavy atom. The van der Waals surface area contributed by atoms with E-state index in [0.29, 0.717) is 10.1 Å². The van der Waals surface area contributed by atoms with Crippen molar-refractivity contribution in [2.45, 2.75) is 150 Å². The molecule has 0 heterocycles. The van der Waals surface area contributed by atoms with Gasteiger partial charge in [-0.15, -0.1) is 17.1 Å².